The zero-order valence-electron chi connectivity index (χ0n) is 24.3. The Labute approximate surface area is 210 Å². The molecule has 0 nitrogen and oxygen atoms in total. The van der Waals surface area contributed by atoms with Crippen molar-refractivity contribution in [2.24, 2.45) is 0 Å². The van der Waals surface area contributed by atoms with E-state index in [1.165, 1.54) is 6.07 Å². The van der Waals surface area contributed by atoms with Crippen molar-refractivity contribution in [2.75, 3.05) is 0 Å². The highest BCUT2D eigenvalue weighted by Crippen LogP contribution is 2.44. The maximum absolute atomic E-state index is 9.20. The Bertz CT molecular complexity index is 2200. The van der Waals surface area contributed by atoms with Gasteiger partial charge in [0, 0.05) is 4.47 Å². The van der Waals surface area contributed by atoms with E-state index < -0.39 is 0 Å². The summed E-state index contributed by atoms with van der Waals surface area (Å²) in [5.41, 5.74) is 1.23. The van der Waals surface area contributed by atoms with Gasteiger partial charge in [-0.05, 0) is 105 Å². The molecule has 7 aromatic rings. The molecule has 0 saturated carbocycles. The monoisotopic (exact) mass is 489 g/mol. The van der Waals surface area contributed by atoms with E-state index in [2.05, 4.69) is 15.9 Å². The second kappa shape index (κ2) is 7.16. The van der Waals surface area contributed by atoms with Crippen LogP contribution in [0.15, 0.2) is 120 Å². The zero-order chi connectivity index (χ0) is 28.0. The number of rotatable bonds is 1. The third-order valence-electron chi connectivity index (χ3n) is 6.26. The van der Waals surface area contributed by atoms with Crippen LogP contribution < -0.4 is 0 Å². The topological polar surface area (TPSA) is 0 Å². The van der Waals surface area contributed by atoms with Gasteiger partial charge in [0.15, 0.2) is 0 Å². The van der Waals surface area contributed by atoms with E-state index in [1.807, 2.05) is 54.6 Å². The number of hydrogen-bond donors (Lipinski definition) is 0. The van der Waals surface area contributed by atoms with Crippen molar-refractivity contribution in [3.05, 3.63) is 120 Å². The Hall–Kier alpha value is -3.68. The first-order chi connectivity index (χ1) is 19.2. The highest BCUT2D eigenvalue weighted by Gasteiger charge is 2.15. The molecule has 0 bridgehead atoms. The third kappa shape index (κ3) is 2.83. The van der Waals surface area contributed by atoms with Gasteiger partial charge < -0.3 is 0 Å². The molecule has 33 heavy (non-hydrogen) atoms. The molecule has 0 aliphatic carbocycles. The lowest BCUT2D eigenvalue weighted by molar-refractivity contribution is 1.70. The van der Waals surface area contributed by atoms with Gasteiger partial charge in [-0.2, -0.15) is 0 Å². The summed E-state index contributed by atoms with van der Waals surface area (Å²) >= 11 is 3.78. The first-order valence-electron chi connectivity index (χ1n) is 14.2. The van der Waals surface area contributed by atoms with Crippen molar-refractivity contribution in [3.63, 3.8) is 0 Å². The molecule has 0 unspecified atom stereocenters. The second-order valence-electron chi connectivity index (χ2n) is 8.12. The van der Waals surface area contributed by atoms with Gasteiger partial charge in [0.25, 0.3) is 0 Å². The van der Waals surface area contributed by atoms with Crippen molar-refractivity contribution in [1.29, 1.82) is 0 Å². The summed E-state index contributed by atoms with van der Waals surface area (Å²) in [5.74, 6) is 0. The lowest BCUT2D eigenvalue weighted by Gasteiger charge is -2.16. The molecule has 0 heterocycles. The maximum atomic E-state index is 9.20. The molecule has 0 atom stereocenters. The largest absolute Gasteiger partial charge is 0.0636 e. The lowest BCUT2D eigenvalue weighted by Crippen LogP contribution is -1.89. The average Bonchev–Trinajstić information content (AvgIpc) is 2.95. The van der Waals surface area contributed by atoms with Crippen molar-refractivity contribution in [3.8, 4) is 11.1 Å². The van der Waals surface area contributed by atoms with Crippen molar-refractivity contribution in [2.45, 2.75) is 0 Å². The molecule has 0 amide bonds. The molecule has 0 N–H and O–H groups in total. The van der Waals surface area contributed by atoms with E-state index in [-0.39, 0.29) is 58.5 Å². The van der Waals surface area contributed by atoms with Gasteiger partial charge in [0.1, 0.15) is 0 Å². The summed E-state index contributed by atoms with van der Waals surface area (Å²) in [7, 11) is 0. The first-order valence-corrected chi connectivity index (χ1v) is 11.5. The van der Waals surface area contributed by atoms with E-state index in [0.717, 1.165) is 31.6 Å². The predicted octanol–water partition coefficient (Wildman–Crippen LogP) is 9.88. The molecule has 0 fully saturated rings. The maximum Gasteiger partial charge on any atom is 0.0636 e. The molecule has 7 rings (SSSR count). The molecule has 0 aliphatic heterocycles. The fraction of sp³-hybridized carbons (Fsp3) is 0. The number of fused-ring (bicyclic) bond motifs is 5. The van der Waals surface area contributed by atoms with E-state index >= 15 is 0 Å². The zero-order valence-corrected chi connectivity index (χ0v) is 18.9. The first kappa shape index (κ1) is 13.1. The molecule has 0 radical (unpaired) electrons. The minimum Gasteiger partial charge on any atom is -0.0616 e. The van der Waals surface area contributed by atoms with Gasteiger partial charge >= 0.3 is 0 Å². The van der Waals surface area contributed by atoms with Crippen LogP contribution in [0.2, 0.25) is 0 Å². The van der Waals surface area contributed by atoms with Crippen LogP contribution in [0.4, 0.5) is 0 Å². The summed E-state index contributed by atoms with van der Waals surface area (Å²) in [6.07, 6.45) is 0. The Morgan fingerprint density at radius 2 is 1.18 bits per heavy atom. The predicted molar refractivity (Wildman–Crippen MR) is 147 cm³/mol. The van der Waals surface area contributed by atoms with Gasteiger partial charge in [-0.1, -0.05) is 90.9 Å². The van der Waals surface area contributed by atoms with Gasteiger partial charge in [-0.3, -0.25) is 0 Å². The van der Waals surface area contributed by atoms with E-state index in [4.69, 9.17) is 8.22 Å². The summed E-state index contributed by atoms with van der Waals surface area (Å²) in [5, 5.41) is 6.11. The molecule has 0 saturated heterocycles. The SMILES string of the molecule is [2H]c1ccc2cc3cc4c(-c5c6ccccc6c(Br)c6ccccc56)c([2H])c([2H])c([2H])c4c([2H])c3c([2H])c2c1[2H]. The van der Waals surface area contributed by atoms with Crippen molar-refractivity contribution in [1.82, 2.24) is 0 Å². The van der Waals surface area contributed by atoms with Crippen LogP contribution in [-0.4, -0.2) is 0 Å². The molecular formula is C32H19Br. The van der Waals surface area contributed by atoms with E-state index in [1.54, 1.807) is 12.1 Å². The van der Waals surface area contributed by atoms with Crippen LogP contribution in [0.3, 0.4) is 0 Å². The van der Waals surface area contributed by atoms with Crippen LogP contribution >= 0.6 is 15.9 Å². The minimum atomic E-state index is -0.284. The highest BCUT2D eigenvalue weighted by molar-refractivity contribution is 9.10. The quantitative estimate of drug-likeness (QED) is 0.201. The molecule has 0 aromatic heterocycles. The number of halogens is 1. The molecule has 154 valence electrons. The summed E-state index contributed by atoms with van der Waals surface area (Å²) in [6.45, 7) is 0. The third-order valence-corrected chi connectivity index (χ3v) is 7.12. The molecule has 0 spiro atoms. The summed E-state index contributed by atoms with van der Waals surface area (Å²) in [4.78, 5) is 0. The number of hydrogen-bond acceptors (Lipinski definition) is 0. The second-order valence-corrected chi connectivity index (χ2v) is 8.91. The highest BCUT2D eigenvalue weighted by atomic mass is 79.9. The molecule has 1 heteroatoms. The standard InChI is InChI=1S/C32H19Br/c33-32-28-13-5-3-11-25(28)31(26-12-4-6-14-29(26)32)27-15-7-10-22-18-23-16-20-8-1-2-9-21(20)17-24(23)19-30(22)27/h1-19H/i1D,7D,8D,10D,15D,16D,18D. The van der Waals surface area contributed by atoms with E-state index in [0.29, 0.717) is 21.7 Å². The average molecular weight is 490 g/mol. The van der Waals surface area contributed by atoms with Crippen LogP contribution in [0.1, 0.15) is 9.60 Å². The lowest BCUT2D eigenvalue weighted by atomic mass is 9.88. The Balaban J connectivity index is 1.76. The van der Waals surface area contributed by atoms with Crippen molar-refractivity contribution < 1.29 is 9.60 Å². The van der Waals surface area contributed by atoms with Crippen LogP contribution in [-0.2, 0) is 0 Å². The van der Waals surface area contributed by atoms with Crippen LogP contribution in [0.25, 0.3) is 65.0 Å². The van der Waals surface area contributed by atoms with Crippen molar-refractivity contribution >= 4 is 69.8 Å². The smallest absolute Gasteiger partial charge is 0.0616 e. The van der Waals surface area contributed by atoms with Gasteiger partial charge in [0.2, 0.25) is 0 Å². The Morgan fingerprint density at radius 1 is 0.515 bits per heavy atom. The van der Waals surface area contributed by atoms with E-state index in [9.17, 15) is 1.37 Å². The minimum absolute atomic E-state index is 0.00239. The number of benzene rings is 7. The normalized spacial score (nSPS) is 14.8. The molecule has 0 aliphatic rings. The van der Waals surface area contributed by atoms with Gasteiger partial charge in [-0.15, -0.1) is 0 Å². The summed E-state index contributed by atoms with van der Waals surface area (Å²) in [6, 6.07) is 21.8. The van der Waals surface area contributed by atoms with Gasteiger partial charge in [0.05, 0.1) is 9.60 Å². The summed E-state index contributed by atoms with van der Waals surface area (Å²) < 4.78 is 62.2. The Kier molecular flexibility index (Phi) is 2.85. The van der Waals surface area contributed by atoms with Crippen LogP contribution in [0, 0.1) is 0 Å². The fourth-order valence-corrected chi connectivity index (χ4v) is 5.45. The van der Waals surface area contributed by atoms with Crippen LogP contribution in [0.5, 0.6) is 0 Å². The Morgan fingerprint density at radius 3 is 1.94 bits per heavy atom. The molecule has 7 aromatic carbocycles. The fourth-order valence-electron chi connectivity index (χ4n) is 4.76. The molecular weight excluding hydrogens is 464 g/mol. The van der Waals surface area contributed by atoms with Gasteiger partial charge in [-0.25, -0.2) is 0 Å².